The van der Waals surface area contributed by atoms with Crippen LogP contribution in [0.25, 0.3) is 0 Å². The Morgan fingerprint density at radius 3 is 2.67 bits per heavy atom. The first-order valence-corrected chi connectivity index (χ1v) is 7.36. The Labute approximate surface area is 126 Å². The second kappa shape index (κ2) is 7.88. The highest BCUT2D eigenvalue weighted by atomic mass is 16.5. The molecule has 1 aromatic rings. The number of aliphatic hydroxyl groups is 1. The summed E-state index contributed by atoms with van der Waals surface area (Å²) in [6, 6.07) is 6.93. The van der Waals surface area contributed by atoms with Crippen LogP contribution in [-0.2, 0) is 0 Å². The van der Waals surface area contributed by atoms with E-state index in [2.05, 4.69) is 10.6 Å². The molecule has 0 spiro atoms. The lowest BCUT2D eigenvalue weighted by molar-refractivity contribution is 0.0170. The summed E-state index contributed by atoms with van der Waals surface area (Å²) in [7, 11) is 0. The molecule has 0 aliphatic carbocycles. The molecule has 1 aromatic carbocycles. The monoisotopic (exact) mass is 294 g/mol. The van der Waals surface area contributed by atoms with E-state index in [4.69, 9.17) is 4.74 Å². The number of benzene rings is 1. The Hall–Kier alpha value is -1.75. The van der Waals surface area contributed by atoms with Crippen LogP contribution in [0.3, 0.4) is 0 Å². The molecular formula is C16H26N2O3. The zero-order valence-electron chi connectivity index (χ0n) is 13.3. The Balaban J connectivity index is 2.59. The maximum atomic E-state index is 11.9. The summed E-state index contributed by atoms with van der Waals surface area (Å²) in [6.45, 7) is 8.34. The normalized spacial score (nSPS) is 13.6. The van der Waals surface area contributed by atoms with Gasteiger partial charge >= 0.3 is 6.03 Å². The summed E-state index contributed by atoms with van der Waals surface area (Å²) in [5.41, 5.74) is -0.317. The van der Waals surface area contributed by atoms with Crippen molar-refractivity contribution in [2.75, 3.05) is 18.5 Å². The Morgan fingerprint density at radius 1 is 1.38 bits per heavy atom. The number of hydrogen-bond donors (Lipinski definition) is 3. The lowest BCUT2D eigenvalue weighted by atomic mass is 9.93. The Kier molecular flexibility index (Phi) is 6.49. The van der Waals surface area contributed by atoms with Gasteiger partial charge in [-0.15, -0.1) is 0 Å². The predicted molar refractivity (Wildman–Crippen MR) is 84.7 cm³/mol. The van der Waals surface area contributed by atoms with Gasteiger partial charge in [-0.3, -0.25) is 0 Å². The van der Waals surface area contributed by atoms with Gasteiger partial charge in [0.2, 0.25) is 0 Å². The summed E-state index contributed by atoms with van der Waals surface area (Å²) in [6.07, 6.45) is 0.901. The van der Waals surface area contributed by atoms with Gasteiger partial charge in [0.15, 0.2) is 0 Å². The van der Waals surface area contributed by atoms with Gasteiger partial charge in [0.25, 0.3) is 0 Å². The molecule has 0 bridgehead atoms. The van der Waals surface area contributed by atoms with Gasteiger partial charge in [0.1, 0.15) is 5.75 Å². The van der Waals surface area contributed by atoms with Gasteiger partial charge in [-0.1, -0.05) is 32.9 Å². The summed E-state index contributed by atoms with van der Waals surface area (Å²) < 4.78 is 5.58. The van der Waals surface area contributed by atoms with Crippen LogP contribution in [0.2, 0.25) is 0 Å². The van der Waals surface area contributed by atoms with Crippen molar-refractivity contribution in [1.29, 1.82) is 0 Å². The van der Waals surface area contributed by atoms with Crippen LogP contribution < -0.4 is 15.4 Å². The van der Waals surface area contributed by atoms with E-state index in [-0.39, 0.29) is 18.5 Å². The summed E-state index contributed by atoms with van der Waals surface area (Å²) >= 11 is 0. The van der Waals surface area contributed by atoms with E-state index in [1.165, 1.54) is 0 Å². The SMILES string of the molecule is CCCOc1ccccc1NC(=O)NCC(C)(O)C(C)C. The number of hydrogen-bond acceptors (Lipinski definition) is 3. The van der Waals surface area contributed by atoms with E-state index in [1.54, 1.807) is 13.0 Å². The summed E-state index contributed by atoms with van der Waals surface area (Å²) in [5.74, 6) is 0.697. The minimum Gasteiger partial charge on any atom is -0.491 e. The van der Waals surface area contributed by atoms with Crippen molar-refractivity contribution < 1.29 is 14.6 Å². The largest absolute Gasteiger partial charge is 0.491 e. The van der Waals surface area contributed by atoms with Crippen LogP contribution in [0.5, 0.6) is 5.75 Å². The fourth-order valence-electron chi connectivity index (χ4n) is 1.54. The van der Waals surface area contributed by atoms with Crippen LogP contribution in [0, 0.1) is 5.92 Å². The van der Waals surface area contributed by atoms with E-state index in [9.17, 15) is 9.90 Å². The van der Waals surface area contributed by atoms with Gasteiger partial charge in [-0.25, -0.2) is 4.79 Å². The molecular weight excluding hydrogens is 268 g/mol. The molecule has 0 aliphatic rings. The molecule has 0 aliphatic heterocycles. The lowest BCUT2D eigenvalue weighted by Crippen LogP contribution is -2.45. The van der Waals surface area contributed by atoms with E-state index in [1.807, 2.05) is 39.0 Å². The molecule has 1 atom stereocenters. The fraction of sp³-hybridized carbons (Fsp3) is 0.562. The molecule has 0 radical (unpaired) electrons. The summed E-state index contributed by atoms with van der Waals surface area (Å²) in [4.78, 5) is 11.9. The van der Waals surface area contributed by atoms with Crippen molar-refractivity contribution in [3.8, 4) is 5.75 Å². The van der Waals surface area contributed by atoms with Crippen molar-refractivity contribution >= 4 is 11.7 Å². The highest BCUT2D eigenvalue weighted by molar-refractivity contribution is 5.90. The highest BCUT2D eigenvalue weighted by Crippen LogP contribution is 2.23. The quantitative estimate of drug-likeness (QED) is 0.724. The summed E-state index contributed by atoms with van der Waals surface area (Å²) in [5, 5.41) is 15.5. The maximum absolute atomic E-state index is 11.9. The number of amides is 2. The number of rotatable bonds is 7. The second-order valence-electron chi connectivity index (χ2n) is 5.66. The molecule has 0 fully saturated rings. The van der Waals surface area contributed by atoms with Crippen molar-refractivity contribution in [3.63, 3.8) is 0 Å². The zero-order chi connectivity index (χ0) is 15.9. The highest BCUT2D eigenvalue weighted by Gasteiger charge is 2.25. The third-order valence-electron chi connectivity index (χ3n) is 3.45. The number of para-hydroxylation sites is 2. The van der Waals surface area contributed by atoms with Crippen molar-refractivity contribution in [3.05, 3.63) is 24.3 Å². The Morgan fingerprint density at radius 2 is 2.05 bits per heavy atom. The van der Waals surface area contributed by atoms with Crippen LogP contribution in [0.1, 0.15) is 34.1 Å². The van der Waals surface area contributed by atoms with E-state index in [0.29, 0.717) is 18.0 Å². The molecule has 1 unspecified atom stereocenters. The fourth-order valence-corrected chi connectivity index (χ4v) is 1.54. The molecule has 0 heterocycles. The topological polar surface area (TPSA) is 70.6 Å². The van der Waals surface area contributed by atoms with E-state index in [0.717, 1.165) is 6.42 Å². The van der Waals surface area contributed by atoms with Crippen LogP contribution in [0.15, 0.2) is 24.3 Å². The predicted octanol–water partition coefficient (Wildman–Crippen LogP) is 3.00. The van der Waals surface area contributed by atoms with E-state index >= 15 is 0 Å². The van der Waals surface area contributed by atoms with Crippen LogP contribution in [-0.4, -0.2) is 29.9 Å². The van der Waals surface area contributed by atoms with Crippen molar-refractivity contribution in [2.24, 2.45) is 5.92 Å². The Bertz CT molecular complexity index is 459. The first kappa shape index (κ1) is 17.3. The third-order valence-corrected chi connectivity index (χ3v) is 3.45. The molecule has 0 saturated carbocycles. The zero-order valence-corrected chi connectivity index (χ0v) is 13.3. The number of carbonyl (C=O) groups excluding carboxylic acids is 1. The molecule has 5 nitrogen and oxygen atoms in total. The number of urea groups is 1. The molecule has 0 saturated heterocycles. The molecule has 118 valence electrons. The number of ether oxygens (including phenoxy) is 1. The first-order valence-electron chi connectivity index (χ1n) is 7.36. The van der Waals surface area contributed by atoms with Crippen molar-refractivity contribution in [1.82, 2.24) is 5.32 Å². The first-order chi connectivity index (χ1) is 9.86. The molecule has 0 aromatic heterocycles. The molecule has 21 heavy (non-hydrogen) atoms. The minimum atomic E-state index is -0.935. The van der Waals surface area contributed by atoms with Crippen molar-refractivity contribution in [2.45, 2.75) is 39.7 Å². The number of anilines is 1. The van der Waals surface area contributed by atoms with Crippen LogP contribution >= 0.6 is 0 Å². The van der Waals surface area contributed by atoms with Gasteiger partial charge in [0, 0.05) is 6.54 Å². The van der Waals surface area contributed by atoms with Gasteiger partial charge < -0.3 is 20.5 Å². The molecule has 5 heteroatoms. The third kappa shape index (κ3) is 5.63. The lowest BCUT2D eigenvalue weighted by Gasteiger charge is -2.27. The van der Waals surface area contributed by atoms with Crippen LogP contribution in [0.4, 0.5) is 10.5 Å². The second-order valence-corrected chi connectivity index (χ2v) is 5.66. The van der Waals surface area contributed by atoms with Gasteiger partial charge in [-0.2, -0.15) is 0 Å². The molecule has 3 N–H and O–H groups in total. The van der Waals surface area contributed by atoms with E-state index < -0.39 is 5.60 Å². The smallest absolute Gasteiger partial charge is 0.319 e. The molecule has 1 rings (SSSR count). The standard InChI is InChI=1S/C16H26N2O3/c1-5-10-21-14-9-7-6-8-13(14)18-15(19)17-11-16(4,20)12(2)3/h6-9,12,20H,5,10-11H2,1-4H3,(H2,17,18,19). The van der Waals surface area contributed by atoms with Gasteiger partial charge in [-0.05, 0) is 31.4 Å². The minimum absolute atomic E-state index is 0.0537. The average molecular weight is 294 g/mol. The number of carbonyl (C=O) groups is 1. The maximum Gasteiger partial charge on any atom is 0.319 e. The van der Waals surface area contributed by atoms with Gasteiger partial charge in [0.05, 0.1) is 17.9 Å². The molecule has 2 amide bonds. The number of nitrogens with one attached hydrogen (secondary N) is 2. The average Bonchev–Trinajstić information content (AvgIpc) is 2.44.